The third kappa shape index (κ3) is 5.84. The van der Waals surface area contributed by atoms with Crippen molar-refractivity contribution < 1.29 is 48.4 Å². The molecule has 6 nitrogen and oxygen atoms in total. The SMILES string of the molecule is Cc1cc(C2CCCCC2)n(OCOP(C)(=O)[O-])c(=O)c1.[Na+]. The van der Waals surface area contributed by atoms with Crippen LogP contribution >= 0.6 is 7.60 Å². The first-order valence-corrected chi connectivity index (χ1v) is 9.16. The number of aryl methyl sites for hydroxylation is 1. The van der Waals surface area contributed by atoms with E-state index in [1.54, 1.807) is 0 Å². The number of nitrogens with zero attached hydrogens (tertiary/aromatic N) is 1. The Bertz CT molecular complexity index is 591. The quantitative estimate of drug-likeness (QED) is 0.383. The summed E-state index contributed by atoms with van der Waals surface area (Å²) in [5, 5.41) is 0. The van der Waals surface area contributed by atoms with Crippen molar-refractivity contribution in [1.82, 2.24) is 4.73 Å². The van der Waals surface area contributed by atoms with Crippen LogP contribution in [0.5, 0.6) is 0 Å². The maximum absolute atomic E-state index is 12.1. The monoisotopic (exact) mass is 337 g/mol. The van der Waals surface area contributed by atoms with Crippen molar-refractivity contribution in [2.45, 2.75) is 44.9 Å². The summed E-state index contributed by atoms with van der Waals surface area (Å²) >= 11 is 0. The van der Waals surface area contributed by atoms with Gasteiger partial charge in [-0.25, -0.2) is 0 Å². The van der Waals surface area contributed by atoms with Crippen LogP contribution in [-0.2, 0) is 9.09 Å². The molecule has 1 aromatic heterocycles. The second kappa shape index (κ2) is 8.67. The van der Waals surface area contributed by atoms with Gasteiger partial charge >= 0.3 is 29.6 Å². The van der Waals surface area contributed by atoms with E-state index in [1.165, 1.54) is 17.2 Å². The van der Waals surface area contributed by atoms with Gasteiger partial charge in [-0.1, -0.05) is 19.3 Å². The van der Waals surface area contributed by atoms with E-state index < -0.39 is 14.4 Å². The van der Waals surface area contributed by atoms with E-state index in [4.69, 9.17) is 4.84 Å². The summed E-state index contributed by atoms with van der Waals surface area (Å²) in [5.74, 6) is 0.270. The van der Waals surface area contributed by atoms with Crippen LogP contribution in [0.2, 0.25) is 0 Å². The average molecular weight is 337 g/mol. The molecule has 1 saturated carbocycles. The maximum atomic E-state index is 12.1. The molecule has 8 heteroatoms. The van der Waals surface area contributed by atoms with E-state index in [9.17, 15) is 14.3 Å². The van der Waals surface area contributed by atoms with E-state index in [0.717, 1.165) is 43.6 Å². The Morgan fingerprint density at radius 1 is 1.32 bits per heavy atom. The molecule has 1 aliphatic carbocycles. The van der Waals surface area contributed by atoms with Crippen molar-refractivity contribution in [3.63, 3.8) is 0 Å². The molecule has 0 bridgehead atoms. The van der Waals surface area contributed by atoms with Crippen LogP contribution in [0.15, 0.2) is 16.9 Å². The number of rotatable bonds is 5. The molecule has 1 heterocycles. The molecule has 0 amide bonds. The van der Waals surface area contributed by atoms with Crippen LogP contribution in [-0.4, -0.2) is 18.2 Å². The Kier molecular flexibility index (Phi) is 7.86. The molecule has 0 aromatic carbocycles. The molecule has 0 spiro atoms. The molecule has 1 unspecified atom stereocenters. The number of pyridine rings is 1. The van der Waals surface area contributed by atoms with Gasteiger partial charge in [0.1, 0.15) is 7.60 Å². The predicted octanol–water partition coefficient (Wildman–Crippen LogP) is -1.21. The minimum absolute atomic E-state index is 0. The van der Waals surface area contributed by atoms with Crippen LogP contribution in [0.25, 0.3) is 0 Å². The Labute approximate surface area is 152 Å². The molecule has 1 atom stereocenters. The molecule has 1 fully saturated rings. The Morgan fingerprint density at radius 2 is 1.95 bits per heavy atom. The van der Waals surface area contributed by atoms with Gasteiger partial charge in [-0.2, -0.15) is 0 Å². The fourth-order valence-electron chi connectivity index (χ4n) is 2.71. The van der Waals surface area contributed by atoms with Gasteiger partial charge < -0.3 is 14.3 Å². The second-order valence-electron chi connectivity index (χ2n) is 5.57. The summed E-state index contributed by atoms with van der Waals surface area (Å²) < 4.78 is 16.7. The van der Waals surface area contributed by atoms with E-state index in [2.05, 4.69) is 4.52 Å². The Hall–Kier alpha value is -0.100. The predicted molar refractivity (Wildman–Crippen MR) is 77.3 cm³/mol. The van der Waals surface area contributed by atoms with Gasteiger partial charge in [0.15, 0.2) is 0 Å². The van der Waals surface area contributed by atoms with Crippen LogP contribution in [0, 0.1) is 6.92 Å². The molecule has 2 rings (SSSR count). The number of aromatic nitrogens is 1. The maximum Gasteiger partial charge on any atom is 1.00 e. The van der Waals surface area contributed by atoms with E-state index in [1.807, 2.05) is 13.0 Å². The first-order chi connectivity index (χ1) is 9.87. The second-order valence-corrected chi connectivity index (χ2v) is 7.37. The van der Waals surface area contributed by atoms with Crippen molar-refractivity contribution in [2.24, 2.45) is 0 Å². The van der Waals surface area contributed by atoms with Crippen LogP contribution in [0.3, 0.4) is 0 Å². The minimum atomic E-state index is -3.87. The van der Waals surface area contributed by atoms with Gasteiger partial charge in [0, 0.05) is 18.6 Å². The van der Waals surface area contributed by atoms with Gasteiger partial charge in [0.25, 0.3) is 5.56 Å². The zero-order valence-corrected chi connectivity index (χ0v) is 16.3. The standard InChI is InChI=1S/C14H22NO5P.Na/c1-11-8-13(12-6-4-3-5-7-12)15(14(16)9-11)19-10-20-21(2,17)18;/h8-9,12H,3-7,10H2,1-2H3,(H,17,18);/q;+1/p-1. The Balaban J connectivity index is 0.00000242. The zero-order valence-electron chi connectivity index (χ0n) is 13.4. The van der Waals surface area contributed by atoms with Crippen molar-refractivity contribution in [1.29, 1.82) is 0 Å². The van der Waals surface area contributed by atoms with Gasteiger partial charge in [0.2, 0.25) is 6.79 Å². The van der Waals surface area contributed by atoms with Crippen LogP contribution < -0.4 is 44.8 Å². The van der Waals surface area contributed by atoms with Gasteiger partial charge in [0.05, 0.1) is 5.69 Å². The zero-order chi connectivity index (χ0) is 15.5. The van der Waals surface area contributed by atoms with E-state index in [-0.39, 0.29) is 41.0 Å². The first-order valence-electron chi connectivity index (χ1n) is 7.17. The van der Waals surface area contributed by atoms with Crippen molar-refractivity contribution in [2.75, 3.05) is 13.5 Å². The largest absolute Gasteiger partial charge is 1.00 e. The molecular weight excluding hydrogens is 316 g/mol. The van der Waals surface area contributed by atoms with E-state index >= 15 is 0 Å². The molecule has 0 radical (unpaired) electrons. The summed E-state index contributed by atoms with van der Waals surface area (Å²) in [7, 11) is -3.87. The molecule has 118 valence electrons. The third-order valence-electron chi connectivity index (χ3n) is 3.65. The molecule has 1 aromatic rings. The number of hydrogen-bond acceptors (Lipinski definition) is 5. The van der Waals surface area contributed by atoms with Crippen molar-refractivity contribution >= 4 is 7.60 Å². The summed E-state index contributed by atoms with van der Waals surface area (Å²) in [6.07, 6.45) is 5.51. The normalized spacial score (nSPS) is 18.3. The summed E-state index contributed by atoms with van der Waals surface area (Å²) in [6, 6.07) is 3.40. The Morgan fingerprint density at radius 3 is 2.55 bits per heavy atom. The fraction of sp³-hybridized carbons (Fsp3) is 0.643. The van der Waals surface area contributed by atoms with E-state index in [0.29, 0.717) is 0 Å². The number of hydrogen-bond donors (Lipinski definition) is 0. The van der Waals surface area contributed by atoms with Crippen LogP contribution in [0.4, 0.5) is 0 Å². The minimum Gasteiger partial charge on any atom is -0.779 e. The van der Waals surface area contributed by atoms with Crippen LogP contribution in [0.1, 0.15) is 49.3 Å². The van der Waals surface area contributed by atoms with Crippen molar-refractivity contribution in [3.8, 4) is 0 Å². The first kappa shape index (κ1) is 19.9. The molecular formula is C14H21NNaO5P. The van der Waals surface area contributed by atoms with Crippen molar-refractivity contribution in [3.05, 3.63) is 33.7 Å². The van der Waals surface area contributed by atoms with Gasteiger partial charge in [-0.3, -0.25) is 9.32 Å². The smallest absolute Gasteiger partial charge is 0.779 e. The van der Waals surface area contributed by atoms with Gasteiger partial charge in [-0.15, -0.1) is 4.73 Å². The molecule has 0 aliphatic heterocycles. The molecule has 0 saturated heterocycles. The average Bonchev–Trinajstić information content (AvgIpc) is 2.40. The summed E-state index contributed by atoms with van der Waals surface area (Å²) in [5.41, 5.74) is 1.39. The summed E-state index contributed by atoms with van der Waals surface area (Å²) in [4.78, 5) is 28.3. The fourth-order valence-corrected chi connectivity index (χ4v) is 2.95. The molecule has 22 heavy (non-hydrogen) atoms. The summed E-state index contributed by atoms with van der Waals surface area (Å²) in [6.45, 7) is 2.35. The molecule has 0 N–H and O–H groups in total. The third-order valence-corrected chi connectivity index (χ3v) is 4.23. The molecule has 1 aliphatic rings. The van der Waals surface area contributed by atoms with Gasteiger partial charge in [-0.05, 0) is 31.4 Å². The topological polar surface area (TPSA) is 80.6 Å².